The molecule has 0 aliphatic carbocycles. The minimum atomic E-state index is -1.46. The largest absolute Gasteiger partial charge is 0.489 e. The number of nitrogens with zero attached hydrogens (tertiary/aromatic N) is 2. The van der Waals surface area contributed by atoms with Gasteiger partial charge in [0.2, 0.25) is 0 Å². The van der Waals surface area contributed by atoms with Gasteiger partial charge in [0.05, 0.1) is 18.7 Å². The van der Waals surface area contributed by atoms with Gasteiger partial charge < -0.3 is 25.0 Å². The van der Waals surface area contributed by atoms with Crippen LogP contribution in [0, 0.1) is 0 Å². The average molecular weight is 467 g/mol. The highest BCUT2D eigenvalue weighted by Gasteiger charge is 2.41. The Balaban J connectivity index is 2.16. The minimum Gasteiger partial charge on any atom is -0.489 e. The molecule has 0 fully saturated rings. The molecule has 1 aromatic rings. The lowest BCUT2D eigenvalue weighted by Crippen LogP contribution is -2.54. The number of thioether (sulfide) groups is 1. The molecule has 1 aliphatic heterocycles. The SMILES string of the molecule is C=CCOc1cc([C@@H](CCC)NC(=O)[C@]2(N)CSC(/C(C)=N/OCCC[NH3+])=N2)oc(=O)c1. The number of carbonyl (C=O) groups is 1. The van der Waals surface area contributed by atoms with Gasteiger partial charge in [-0.25, -0.2) is 9.79 Å². The first-order chi connectivity index (χ1) is 15.3. The van der Waals surface area contributed by atoms with E-state index in [0.29, 0.717) is 35.3 Å². The van der Waals surface area contributed by atoms with Crippen molar-refractivity contribution in [2.24, 2.45) is 15.9 Å². The minimum absolute atomic E-state index is 0.244. The lowest BCUT2D eigenvalue weighted by atomic mass is 10.1. The topological polar surface area (TPSA) is 156 Å². The molecule has 11 heteroatoms. The van der Waals surface area contributed by atoms with Gasteiger partial charge in [0.15, 0.2) is 5.66 Å². The monoisotopic (exact) mass is 466 g/mol. The quantitative estimate of drug-likeness (QED) is 0.169. The Morgan fingerprint density at radius 2 is 2.34 bits per heavy atom. The van der Waals surface area contributed by atoms with E-state index in [-0.39, 0.29) is 12.4 Å². The number of hydrogen-bond donors (Lipinski definition) is 3. The zero-order valence-corrected chi connectivity index (χ0v) is 19.4. The first-order valence-electron chi connectivity index (χ1n) is 10.5. The summed E-state index contributed by atoms with van der Waals surface area (Å²) in [6.07, 6.45) is 3.65. The van der Waals surface area contributed by atoms with Crippen LogP contribution in [-0.4, -0.2) is 47.8 Å². The third-order valence-corrected chi connectivity index (χ3v) is 5.72. The molecule has 0 saturated carbocycles. The van der Waals surface area contributed by atoms with Gasteiger partial charge in [-0.15, -0.1) is 11.8 Å². The second-order valence-electron chi connectivity index (χ2n) is 7.28. The molecule has 10 nitrogen and oxygen atoms in total. The smallest absolute Gasteiger partial charge is 0.339 e. The van der Waals surface area contributed by atoms with E-state index >= 15 is 0 Å². The molecule has 0 saturated heterocycles. The Kier molecular flexibility index (Phi) is 9.95. The Bertz CT molecular complexity index is 916. The Hall–Kier alpha value is -2.63. The Morgan fingerprint density at radius 1 is 1.56 bits per heavy atom. The van der Waals surface area contributed by atoms with Gasteiger partial charge in [-0.1, -0.05) is 31.2 Å². The van der Waals surface area contributed by atoms with Crippen LogP contribution in [0.15, 0.2) is 44.1 Å². The number of nitrogens with one attached hydrogen (secondary N) is 1. The van der Waals surface area contributed by atoms with Crippen LogP contribution >= 0.6 is 11.8 Å². The molecule has 176 valence electrons. The molecule has 2 rings (SSSR count). The van der Waals surface area contributed by atoms with Crippen molar-refractivity contribution in [2.75, 3.05) is 25.5 Å². The molecule has 0 aromatic carbocycles. The van der Waals surface area contributed by atoms with Gasteiger partial charge in [0, 0.05) is 18.2 Å². The van der Waals surface area contributed by atoms with E-state index in [0.717, 1.165) is 19.4 Å². The number of carbonyl (C=O) groups excluding carboxylic acids is 1. The van der Waals surface area contributed by atoms with Crippen LogP contribution in [-0.2, 0) is 9.63 Å². The van der Waals surface area contributed by atoms with Crippen molar-refractivity contribution in [1.29, 1.82) is 0 Å². The number of nitrogens with two attached hydrogens (primary N) is 1. The number of aliphatic imine (C=N–C) groups is 1. The van der Waals surface area contributed by atoms with E-state index in [4.69, 9.17) is 19.7 Å². The normalized spacial score (nSPS) is 19.2. The van der Waals surface area contributed by atoms with E-state index < -0.39 is 23.2 Å². The van der Waals surface area contributed by atoms with Crippen LogP contribution in [0.5, 0.6) is 5.75 Å². The first-order valence-corrected chi connectivity index (χ1v) is 11.5. The second-order valence-corrected chi connectivity index (χ2v) is 8.24. The highest BCUT2D eigenvalue weighted by atomic mass is 32.2. The molecule has 32 heavy (non-hydrogen) atoms. The molecule has 2 atom stereocenters. The van der Waals surface area contributed by atoms with Crippen molar-refractivity contribution in [3.05, 3.63) is 41.0 Å². The lowest BCUT2D eigenvalue weighted by Gasteiger charge is -2.24. The van der Waals surface area contributed by atoms with Gasteiger partial charge in [0.25, 0.3) is 5.91 Å². The van der Waals surface area contributed by atoms with E-state index in [1.807, 2.05) is 6.92 Å². The van der Waals surface area contributed by atoms with E-state index in [1.165, 1.54) is 17.8 Å². The van der Waals surface area contributed by atoms with Crippen LogP contribution in [0.25, 0.3) is 0 Å². The first kappa shape index (κ1) is 25.6. The van der Waals surface area contributed by atoms with Crippen LogP contribution in [0.4, 0.5) is 0 Å². The zero-order chi connectivity index (χ0) is 23.6. The van der Waals surface area contributed by atoms with Gasteiger partial charge in [-0.05, 0) is 13.3 Å². The summed E-state index contributed by atoms with van der Waals surface area (Å²) in [5.41, 5.74) is 8.57. The maximum atomic E-state index is 13.0. The number of amides is 1. The number of ether oxygens (including phenoxy) is 1. The maximum Gasteiger partial charge on any atom is 0.339 e. The summed E-state index contributed by atoms with van der Waals surface area (Å²) in [7, 11) is 0. The molecule has 1 aromatic heterocycles. The highest BCUT2D eigenvalue weighted by Crippen LogP contribution is 2.27. The molecule has 0 unspecified atom stereocenters. The zero-order valence-electron chi connectivity index (χ0n) is 18.6. The number of quaternary nitrogens is 1. The summed E-state index contributed by atoms with van der Waals surface area (Å²) in [4.78, 5) is 34.6. The number of hydrogen-bond acceptors (Lipinski definition) is 9. The van der Waals surface area contributed by atoms with Crippen molar-refractivity contribution >= 4 is 28.4 Å². The second kappa shape index (κ2) is 12.4. The number of rotatable bonds is 13. The number of oxime groups is 1. The standard InChI is InChI=1S/C21H31N5O5S/c1-4-7-16(17-11-15(29-9-5-2)12-18(27)31-17)24-20(28)21(23)13-32-19(25-21)14(3)26-30-10-6-8-22/h5,11-12,16H,2,4,6-10,13,22-23H2,1,3H3,(H,24,28)/p+1/b26-14+/t16-,21+/m1/s1. The summed E-state index contributed by atoms with van der Waals surface area (Å²) < 4.78 is 10.8. The van der Waals surface area contributed by atoms with Crippen molar-refractivity contribution in [3.63, 3.8) is 0 Å². The van der Waals surface area contributed by atoms with Crippen molar-refractivity contribution in [2.45, 2.75) is 44.8 Å². The van der Waals surface area contributed by atoms with Crippen LogP contribution in [0.3, 0.4) is 0 Å². The molecular weight excluding hydrogens is 434 g/mol. The molecule has 2 heterocycles. The van der Waals surface area contributed by atoms with Crippen LogP contribution in [0.1, 0.15) is 44.9 Å². The summed E-state index contributed by atoms with van der Waals surface area (Å²) in [5, 5.41) is 7.46. The van der Waals surface area contributed by atoms with Crippen LogP contribution in [0.2, 0.25) is 0 Å². The maximum absolute atomic E-state index is 13.0. The van der Waals surface area contributed by atoms with Gasteiger partial charge in [-0.2, -0.15) is 0 Å². The molecule has 1 aliphatic rings. The van der Waals surface area contributed by atoms with Gasteiger partial charge in [-0.3, -0.25) is 10.5 Å². The Morgan fingerprint density at radius 3 is 3.03 bits per heavy atom. The lowest BCUT2D eigenvalue weighted by molar-refractivity contribution is -0.369. The van der Waals surface area contributed by atoms with Crippen molar-refractivity contribution in [3.8, 4) is 5.75 Å². The van der Waals surface area contributed by atoms with Crippen molar-refractivity contribution < 1.29 is 24.5 Å². The van der Waals surface area contributed by atoms with E-state index in [1.54, 1.807) is 19.1 Å². The molecule has 0 radical (unpaired) electrons. The van der Waals surface area contributed by atoms with Crippen LogP contribution < -0.4 is 27.1 Å². The summed E-state index contributed by atoms with van der Waals surface area (Å²) in [6, 6.07) is 2.28. The Labute approximate surface area is 191 Å². The summed E-state index contributed by atoms with van der Waals surface area (Å²) in [5.74, 6) is 0.424. The molecular formula is C21H32N5O5S+. The molecule has 0 spiro atoms. The fourth-order valence-electron chi connectivity index (χ4n) is 2.81. The average Bonchev–Trinajstić information content (AvgIpc) is 3.18. The van der Waals surface area contributed by atoms with Crippen molar-refractivity contribution in [1.82, 2.24) is 5.32 Å². The highest BCUT2D eigenvalue weighted by molar-refractivity contribution is 8.16. The molecule has 0 bridgehead atoms. The summed E-state index contributed by atoms with van der Waals surface area (Å²) >= 11 is 1.34. The van der Waals surface area contributed by atoms with Gasteiger partial charge in [0.1, 0.15) is 35.5 Å². The molecule has 1 amide bonds. The van der Waals surface area contributed by atoms with E-state index in [2.05, 4.69) is 27.8 Å². The predicted octanol–water partition coefficient (Wildman–Crippen LogP) is 0.987. The van der Waals surface area contributed by atoms with E-state index in [9.17, 15) is 9.59 Å². The third kappa shape index (κ3) is 7.21. The fourth-order valence-corrected chi connectivity index (χ4v) is 3.84. The van der Waals surface area contributed by atoms with Gasteiger partial charge >= 0.3 is 5.63 Å². The molecule has 6 N–H and O–H groups in total. The fraction of sp³-hybridized carbons (Fsp3) is 0.524. The third-order valence-electron chi connectivity index (χ3n) is 4.48. The summed E-state index contributed by atoms with van der Waals surface area (Å²) in [6.45, 7) is 8.78. The predicted molar refractivity (Wildman–Crippen MR) is 125 cm³/mol.